The third-order valence-electron chi connectivity index (χ3n) is 3.16. The van der Waals surface area contributed by atoms with Gasteiger partial charge in [0.25, 0.3) is 0 Å². The topological polar surface area (TPSA) is 33.1 Å². The van der Waals surface area contributed by atoms with Gasteiger partial charge in [-0.2, -0.15) is 0 Å². The lowest BCUT2D eigenvalue weighted by atomic mass is 10.1. The third kappa shape index (κ3) is 2.30. The Morgan fingerprint density at radius 2 is 2.35 bits per heavy atom. The predicted octanol–water partition coefficient (Wildman–Crippen LogP) is 3.28. The van der Waals surface area contributed by atoms with Crippen LogP contribution in [0, 0.1) is 6.92 Å². The van der Waals surface area contributed by atoms with Crippen molar-refractivity contribution >= 4 is 22.7 Å². The van der Waals surface area contributed by atoms with E-state index in [4.69, 9.17) is 0 Å². The molecule has 1 N–H and O–H groups in total. The van der Waals surface area contributed by atoms with Crippen LogP contribution in [0.4, 0.5) is 0 Å². The number of aliphatic hydroxyl groups excluding tert-OH is 1. The summed E-state index contributed by atoms with van der Waals surface area (Å²) < 4.78 is 0. The van der Waals surface area contributed by atoms with Crippen molar-refractivity contribution in [1.82, 2.24) is 4.98 Å². The Bertz CT molecular complexity index is 508. The van der Waals surface area contributed by atoms with Gasteiger partial charge in [0.2, 0.25) is 0 Å². The van der Waals surface area contributed by atoms with E-state index in [1.54, 1.807) is 22.7 Å². The SMILES string of the molecule is Cc1nc(CC(O)c2cc3c(s2)CCC3)cs1. The van der Waals surface area contributed by atoms with Crippen molar-refractivity contribution in [2.24, 2.45) is 0 Å². The molecule has 2 aromatic rings. The highest BCUT2D eigenvalue weighted by Gasteiger charge is 2.19. The molecule has 0 aromatic carbocycles. The highest BCUT2D eigenvalue weighted by Crippen LogP contribution is 2.34. The number of fused-ring (bicyclic) bond motifs is 1. The van der Waals surface area contributed by atoms with Crippen molar-refractivity contribution < 1.29 is 5.11 Å². The molecule has 3 rings (SSSR count). The molecule has 0 bridgehead atoms. The monoisotopic (exact) mass is 265 g/mol. The summed E-state index contributed by atoms with van der Waals surface area (Å²) in [4.78, 5) is 6.99. The molecule has 1 atom stereocenters. The fourth-order valence-corrected chi connectivity index (χ4v) is 4.19. The smallest absolute Gasteiger partial charge is 0.0937 e. The maximum Gasteiger partial charge on any atom is 0.0937 e. The minimum atomic E-state index is -0.382. The molecule has 0 saturated heterocycles. The minimum Gasteiger partial charge on any atom is -0.387 e. The molecule has 2 nitrogen and oxygen atoms in total. The molecule has 0 amide bonds. The first-order chi connectivity index (χ1) is 8.22. The van der Waals surface area contributed by atoms with Gasteiger partial charge < -0.3 is 5.11 Å². The van der Waals surface area contributed by atoms with E-state index in [1.807, 2.05) is 12.3 Å². The zero-order valence-corrected chi connectivity index (χ0v) is 11.4. The first-order valence-corrected chi connectivity index (χ1v) is 7.62. The normalized spacial score (nSPS) is 16.1. The summed E-state index contributed by atoms with van der Waals surface area (Å²) in [6, 6.07) is 2.19. The molecule has 1 aliphatic carbocycles. The standard InChI is InChI=1S/C13H15NOS2/c1-8-14-10(7-16-8)6-11(15)13-5-9-3-2-4-12(9)17-13/h5,7,11,15H,2-4,6H2,1H3. The van der Waals surface area contributed by atoms with Crippen LogP contribution < -0.4 is 0 Å². The molecular formula is C13H15NOS2. The second-order valence-corrected chi connectivity index (χ2v) is 6.76. The Balaban J connectivity index is 1.75. The van der Waals surface area contributed by atoms with E-state index < -0.39 is 0 Å². The van der Waals surface area contributed by atoms with Crippen LogP contribution in [-0.4, -0.2) is 10.1 Å². The van der Waals surface area contributed by atoms with Gasteiger partial charge >= 0.3 is 0 Å². The van der Waals surface area contributed by atoms with Crippen LogP contribution in [0.2, 0.25) is 0 Å². The van der Waals surface area contributed by atoms with E-state index in [9.17, 15) is 5.11 Å². The number of aliphatic hydroxyl groups is 1. The summed E-state index contributed by atoms with van der Waals surface area (Å²) in [7, 11) is 0. The summed E-state index contributed by atoms with van der Waals surface area (Å²) >= 11 is 3.43. The molecule has 90 valence electrons. The quantitative estimate of drug-likeness (QED) is 0.924. The van der Waals surface area contributed by atoms with Crippen LogP contribution in [0.25, 0.3) is 0 Å². The van der Waals surface area contributed by atoms with E-state index in [0.29, 0.717) is 6.42 Å². The number of hydrogen-bond donors (Lipinski definition) is 1. The summed E-state index contributed by atoms with van der Waals surface area (Å²) in [5.74, 6) is 0. The molecule has 2 aromatic heterocycles. The van der Waals surface area contributed by atoms with E-state index in [-0.39, 0.29) is 6.10 Å². The molecule has 1 aliphatic rings. The van der Waals surface area contributed by atoms with Gasteiger partial charge in [-0.25, -0.2) is 4.98 Å². The number of nitrogens with zero attached hydrogens (tertiary/aromatic N) is 1. The van der Waals surface area contributed by atoms with Gasteiger partial charge in [-0.15, -0.1) is 22.7 Å². The van der Waals surface area contributed by atoms with Gasteiger partial charge in [-0.1, -0.05) is 0 Å². The summed E-state index contributed by atoms with van der Waals surface area (Å²) in [5, 5.41) is 13.3. The fraction of sp³-hybridized carbons (Fsp3) is 0.462. The van der Waals surface area contributed by atoms with Crippen molar-refractivity contribution in [1.29, 1.82) is 0 Å². The number of aromatic nitrogens is 1. The van der Waals surface area contributed by atoms with Gasteiger partial charge in [-0.05, 0) is 37.8 Å². The van der Waals surface area contributed by atoms with Gasteiger partial charge in [0.1, 0.15) is 0 Å². The van der Waals surface area contributed by atoms with Gasteiger partial charge in [0.15, 0.2) is 0 Å². The third-order valence-corrected chi connectivity index (χ3v) is 5.32. The lowest BCUT2D eigenvalue weighted by Crippen LogP contribution is -2.00. The van der Waals surface area contributed by atoms with Crippen LogP contribution in [0.15, 0.2) is 11.4 Å². The maximum absolute atomic E-state index is 10.2. The number of aryl methyl sites for hydroxylation is 3. The number of thiophene rings is 1. The van der Waals surface area contributed by atoms with Crippen LogP contribution in [0.1, 0.15) is 38.5 Å². The lowest BCUT2D eigenvalue weighted by molar-refractivity contribution is 0.181. The van der Waals surface area contributed by atoms with Crippen LogP contribution in [0.3, 0.4) is 0 Å². The Labute approximate surface area is 109 Å². The highest BCUT2D eigenvalue weighted by molar-refractivity contribution is 7.12. The molecule has 0 saturated carbocycles. The Hall–Kier alpha value is -0.710. The number of thiazole rings is 1. The Morgan fingerprint density at radius 1 is 1.47 bits per heavy atom. The predicted molar refractivity (Wildman–Crippen MR) is 71.9 cm³/mol. The average Bonchev–Trinajstić information content (AvgIpc) is 2.92. The molecule has 4 heteroatoms. The molecule has 0 radical (unpaired) electrons. The molecule has 0 spiro atoms. The number of rotatable bonds is 3. The second kappa shape index (κ2) is 4.52. The van der Waals surface area contributed by atoms with E-state index in [1.165, 1.54) is 29.7 Å². The molecule has 0 fully saturated rings. The van der Waals surface area contributed by atoms with Crippen molar-refractivity contribution in [3.05, 3.63) is 37.5 Å². The Morgan fingerprint density at radius 3 is 3.06 bits per heavy atom. The molecule has 17 heavy (non-hydrogen) atoms. The largest absolute Gasteiger partial charge is 0.387 e. The zero-order valence-electron chi connectivity index (χ0n) is 9.77. The van der Waals surface area contributed by atoms with Crippen molar-refractivity contribution in [3.63, 3.8) is 0 Å². The summed E-state index contributed by atoms with van der Waals surface area (Å²) in [5.41, 5.74) is 2.46. The summed E-state index contributed by atoms with van der Waals surface area (Å²) in [6.45, 7) is 2.00. The fourth-order valence-electron chi connectivity index (χ4n) is 2.32. The lowest BCUT2D eigenvalue weighted by Gasteiger charge is -2.06. The van der Waals surface area contributed by atoms with Crippen molar-refractivity contribution in [3.8, 4) is 0 Å². The van der Waals surface area contributed by atoms with E-state index >= 15 is 0 Å². The zero-order chi connectivity index (χ0) is 11.8. The second-order valence-electron chi connectivity index (χ2n) is 4.53. The molecule has 2 heterocycles. The maximum atomic E-state index is 10.2. The van der Waals surface area contributed by atoms with E-state index in [2.05, 4.69) is 11.1 Å². The van der Waals surface area contributed by atoms with Crippen molar-refractivity contribution in [2.45, 2.75) is 38.7 Å². The molecule has 1 unspecified atom stereocenters. The summed E-state index contributed by atoms with van der Waals surface area (Å²) in [6.07, 6.45) is 3.93. The van der Waals surface area contributed by atoms with Crippen LogP contribution >= 0.6 is 22.7 Å². The van der Waals surface area contributed by atoms with Gasteiger partial charge in [-0.3, -0.25) is 0 Å². The first-order valence-electron chi connectivity index (χ1n) is 5.93. The molecular weight excluding hydrogens is 250 g/mol. The average molecular weight is 265 g/mol. The van der Waals surface area contributed by atoms with E-state index in [0.717, 1.165) is 15.6 Å². The van der Waals surface area contributed by atoms with Crippen LogP contribution in [0.5, 0.6) is 0 Å². The van der Waals surface area contributed by atoms with Gasteiger partial charge in [0, 0.05) is 21.6 Å². The van der Waals surface area contributed by atoms with Crippen LogP contribution in [-0.2, 0) is 19.3 Å². The minimum absolute atomic E-state index is 0.382. The van der Waals surface area contributed by atoms with Crippen molar-refractivity contribution in [2.75, 3.05) is 0 Å². The number of hydrogen-bond acceptors (Lipinski definition) is 4. The Kier molecular flexibility index (Phi) is 3.03. The first kappa shape index (κ1) is 11.4. The highest BCUT2D eigenvalue weighted by atomic mass is 32.1. The van der Waals surface area contributed by atoms with Gasteiger partial charge in [0.05, 0.1) is 16.8 Å². The molecule has 0 aliphatic heterocycles.